The lowest BCUT2D eigenvalue weighted by molar-refractivity contribution is 0.174. The quantitative estimate of drug-likeness (QED) is 0.401. The molecule has 2 aromatic carbocycles. The third-order valence-corrected chi connectivity index (χ3v) is 6.52. The molecule has 0 aliphatic carbocycles. The van der Waals surface area contributed by atoms with Crippen LogP contribution in [-0.2, 0) is 10.0 Å². The average molecular weight is 426 g/mol. The third kappa shape index (κ3) is 4.36. The minimum Gasteiger partial charge on any atom is -0.464 e. The van der Waals surface area contributed by atoms with E-state index in [-0.39, 0.29) is 17.5 Å². The second-order valence-electron chi connectivity index (χ2n) is 7.27. The number of fused-ring (bicyclic) bond motifs is 2. The highest BCUT2D eigenvalue weighted by Gasteiger charge is 2.19. The Bertz CT molecular complexity index is 1270. The molecule has 0 aliphatic heterocycles. The molecular weight excluding hydrogens is 402 g/mol. The topological polar surface area (TPSA) is 104 Å². The van der Waals surface area contributed by atoms with Crippen molar-refractivity contribution in [1.29, 1.82) is 0 Å². The van der Waals surface area contributed by atoms with Gasteiger partial charge in [-0.3, -0.25) is 4.98 Å². The van der Waals surface area contributed by atoms with E-state index in [4.69, 9.17) is 4.42 Å². The normalized spacial score (nSPS) is 14.2. The zero-order chi connectivity index (χ0) is 21.1. The molecule has 0 spiro atoms. The van der Waals surface area contributed by atoms with Crippen LogP contribution in [-0.4, -0.2) is 37.6 Å². The summed E-state index contributed by atoms with van der Waals surface area (Å²) in [5.74, 6) is 0. The fourth-order valence-corrected chi connectivity index (χ4v) is 4.68. The number of nitrogens with one attached hydrogen (secondary N) is 2. The number of hydrogen-bond acceptors (Lipinski definition) is 6. The van der Waals surface area contributed by atoms with E-state index in [0.29, 0.717) is 12.1 Å². The monoisotopic (exact) mass is 425 g/mol. The number of aliphatic hydroxyl groups is 1. The van der Waals surface area contributed by atoms with Crippen LogP contribution in [0.15, 0.2) is 76.5 Å². The number of furan rings is 1. The fraction of sp³-hybridized carbons (Fsp3) is 0.227. The molecule has 4 rings (SSSR count). The molecule has 0 bridgehead atoms. The highest BCUT2D eigenvalue weighted by Crippen LogP contribution is 2.25. The highest BCUT2D eigenvalue weighted by atomic mass is 32.2. The second kappa shape index (κ2) is 8.53. The highest BCUT2D eigenvalue weighted by molar-refractivity contribution is 7.89. The zero-order valence-electron chi connectivity index (χ0n) is 16.4. The van der Waals surface area contributed by atoms with Gasteiger partial charge in [0.2, 0.25) is 10.0 Å². The van der Waals surface area contributed by atoms with Crippen LogP contribution in [0.2, 0.25) is 0 Å². The van der Waals surface area contributed by atoms with Crippen LogP contribution >= 0.6 is 0 Å². The molecular formula is C22H23N3O4S. The summed E-state index contributed by atoms with van der Waals surface area (Å²) in [5, 5.41) is 16.1. The van der Waals surface area contributed by atoms with E-state index in [1.807, 2.05) is 24.3 Å². The van der Waals surface area contributed by atoms with Crippen LogP contribution in [0.4, 0.5) is 0 Å². The van der Waals surface area contributed by atoms with E-state index < -0.39 is 16.1 Å². The molecule has 0 aliphatic rings. The maximum atomic E-state index is 12.7. The Hall–Kier alpha value is -2.78. The number of hydrogen-bond donors (Lipinski definition) is 3. The number of benzene rings is 2. The first-order chi connectivity index (χ1) is 14.4. The summed E-state index contributed by atoms with van der Waals surface area (Å²) < 4.78 is 33.5. The van der Waals surface area contributed by atoms with Crippen LogP contribution in [0.3, 0.4) is 0 Å². The van der Waals surface area contributed by atoms with E-state index in [0.717, 1.165) is 21.7 Å². The minimum atomic E-state index is -3.66. The average Bonchev–Trinajstić information content (AvgIpc) is 3.17. The van der Waals surface area contributed by atoms with Crippen molar-refractivity contribution in [3.63, 3.8) is 0 Å². The van der Waals surface area contributed by atoms with Gasteiger partial charge in [-0.2, -0.15) is 0 Å². The molecule has 156 valence electrons. The Morgan fingerprint density at radius 2 is 1.93 bits per heavy atom. The lowest BCUT2D eigenvalue weighted by atomic mass is 10.1. The van der Waals surface area contributed by atoms with Gasteiger partial charge in [-0.15, -0.1) is 0 Å². The number of nitrogens with zero attached hydrogens (tertiary/aromatic N) is 1. The van der Waals surface area contributed by atoms with Gasteiger partial charge in [-0.05, 0) is 36.6 Å². The van der Waals surface area contributed by atoms with Crippen LogP contribution in [0.1, 0.15) is 18.6 Å². The van der Waals surface area contributed by atoms with E-state index >= 15 is 0 Å². The molecule has 7 nitrogen and oxygen atoms in total. The van der Waals surface area contributed by atoms with E-state index in [1.165, 1.54) is 0 Å². The summed E-state index contributed by atoms with van der Waals surface area (Å²) in [7, 11) is -3.66. The third-order valence-electron chi connectivity index (χ3n) is 4.94. The molecule has 0 amide bonds. The molecule has 0 fully saturated rings. The van der Waals surface area contributed by atoms with Crippen molar-refractivity contribution in [2.24, 2.45) is 0 Å². The lowest BCUT2D eigenvalue weighted by Gasteiger charge is -2.17. The van der Waals surface area contributed by atoms with E-state index in [9.17, 15) is 13.5 Å². The van der Waals surface area contributed by atoms with Gasteiger partial charge in [-0.25, -0.2) is 13.1 Å². The van der Waals surface area contributed by atoms with Crippen molar-refractivity contribution in [3.8, 4) is 0 Å². The molecule has 30 heavy (non-hydrogen) atoms. The molecule has 2 heterocycles. The van der Waals surface area contributed by atoms with Gasteiger partial charge in [-0.1, -0.05) is 24.3 Å². The van der Waals surface area contributed by atoms with Gasteiger partial charge in [0.15, 0.2) is 0 Å². The predicted molar refractivity (Wildman–Crippen MR) is 116 cm³/mol. The molecule has 4 aromatic rings. The molecule has 0 saturated carbocycles. The first kappa shape index (κ1) is 20.5. The van der Waals surface area contributed by atoms with Gasteiger partial charge >= 0.3 is 0 Å². The van der Waals surface area contributed by atoms with Gasteiger partial charge < -0.3 is 14.8 Å². The summed E-state index contributed by atoms with van der Waals surface area (Å²) >= 11 is 0. The Morgan fingerprint density at radius 3 is 2.80 bits per heavy atom. The number of aromatic nitrogens is 1. The maximum Gasteiger partial charge on any atom is 0.240 e. The number of rotatable bonds is 8. The van der Waals surface area contributed by atoms with Crippen molar-refractivity contribution in [1.82, 2.24) is 15.0 Å². The summed E-state index contributed by atoms with van der Waals surface area (Å²) in [6.07, 6.45) is 4.12. The van der Waals surface area contributed by atoms with Crippen LogP contribution in [0.5, 0.6) is 0 Å². The van der Waals surface area contributed by atoms with Crippen molar-refractivity contribution in [2.75, 3.05) is 13.1 Å². The van der Waals surface area contributed by atoms with Gasteiger partial charge in [0.1, 0.15) is 5.58 Å². The molecule has 2 atom stereocenters. The van der Waals surface area contributed by atoms with Crippen molar-refractivity contribution in [3.05, 3.63) is 72.8 Å². The Labute approximate surface area is 174 Å². The van der Waals surface area contributed by atoms with Gasteiger partial charge in [0.25, 0.3) is 0 Å². The molecule has 0 radical (unpaired) electrons. The number of para-hydroxylation sites is 1. The smallest absolute Gasteiger partial charge is 0.240 e. The van der Waals surface area contributed by atoms with Crippen molar-refractivity contribution in [2.45, 2.75) is 24.0 Å². The summed E-state index contributed by atoms with van der Waals surface area (Å²) in [4.78, 5) is 4.24. The molecule has 3 N–H and O–H groups in total. The Morgan fingerprint density at radius 1 is 1.10 bits per heavy atom. The van der Waals surface area contributed by atoms with Gasteiger partial charge in [0, 0.05) is 47.9 Å². The minimum absolute atomic E-state index is 0.206. The van der Waals surface area contributed by atoms with E-state index in [1.54, 1.807) is 49.8 Å². The Balaban J connectivity index is 1.35. The fourth-order valence-electron chi connectivity index (χ4n) is 3.41. The summed E-state index contributed by atoms with van der Waals surface area (Å²) in [6, 6.07) is 13.9. The summed E-state index contributed by atoms with van der Waals surface area (Å²) in [5.41, 5.74) is 1.43. The lowest BCUT2D eigenvalue weighted by Crippen LogP contribution is -2.40. The van der Waals surface area contributed by atoms with Crippen LogP contribution < -0.4 is 10.0 Å². The molecule has 2 aromatic heterocycles. The molecule has 1 unspecified atom stereocenters. The zero-order valence-corrected chi connectivity index (χ0v) is 17.3. The maximum absolute atomic E-state index is 12.7. The number of sulfonamides is 1. The first-order valence-electron chi connectivity index (χ1n) is 9.65. The van der Waals surface area contributed by atoms with Crippen LogP contribution in [0, 0.1) is 0 Å². The SMILES string of the molecule is C[C@H](CNCC(O)c1coc2ccccc12)NS(=O)(=O)c1ccc2cnccc2c1. The largest absolute Gasteiger partial charge is 0.464 e. The number of pyridine rings is 1. The standard InChI is InChI=1S/C22H23N3O4S/c1-15(11-24-13-21(26)20-14-29-22-5-3-2-4-19(20)22)25-30(27,28)18-7-6-17-12-23-9-8-16(17)10-18/h2-10,12,14-15,21,24-26H,11,13H2,1H3/t15-,21?/m1/s1. The summed E-state index contributed by atoms with van der Waals surface area (Å²) in [6.45, 7) is 2.41. The van der Waals surface area contributed by atoms with E-state index in [2.05, 4.69) is 15.0 Å². The second-order valence-corrected chi connectivity index (χ2v) is 8.98. The molecule has 0 saturated heterocycles. The van der Waals surface area contributed by atoms with Crippen LogP contribution in [0.25, 0.3) is 21.7 Å². The molecule has 8 heteroatoms. The number of aliphatic hydroxyl groups excluding tert-OH is 1. The Kier molecular flexibility index (Phi) is 5.83. The first-order valence-corrected chi connectivity index (χ1v) is 11.1. The predicted octanol–water partition coefficient (Wildman–Crippen LogP) is 2.97. The van der Waals surface area contributed by atoms with Crippen molar-refractivity contribution < 1.29 is 17.9 Å². The van der Waals surface area contributed by atoms with Crippen molar-refractivity contribution >= 4 is 31.8 Å². The van der Waals surface area contributed by atoms with Gasteiger partial charge in [0.05, 0.1) is 17.3 Å².